The van der Waals surface area contributed by atoms with Crippen LogP contribution in [0.4, 0.5) is 13.2 Å². The molecular weight excluding hydrogens is 323 g/mol. The van der Waals surface area contributed by atoms with Gasteiger partial charge in [0, 0.05) is 5.56 Å². The zero-order valence-electron chi connectivity index (χ0n) is 12.9. The van der Waals surface area contributed by atoms with Crippen molar-refractivity contribution in [1.29, 1.82) is 0 Å². The van der Waals surface area contributed by atoms with Crippen molar-refractivity contribution in [2.45, 2.75) is 12.5 Å². The summed E-state index contributed by atoms with van der Waals surface area (Å²) in [6.45, 7) is -0.595. The zero-order chi connectivity index (χ0) is 17.7. The second kappa shape index (κ2) is 7.83. The van der Waals surface area contributed by atoms with Crippen LogP contribution in [0.3, 0.4) is 0 Å². The van der Waals surface area contributed by atoms with Crippen molar-refractivity contribution in [3.8, 4) is 5.75 Å². The van der Waals surface area contributed by atoms with E-state index in [0.29, 0.717) is 11.3 Å². The topological polar surface area (TPSA) is 58.6 Å². The lowest BCUT2D eigenvalue weighted by Crippen LogP contribution is -2.32. The van der Waals surface area contributed by atoms with Gasteiger partial charge in [0.15, 0.2) is 17.5 Å². The second-order valence-electron chi connectivity index (χ2n) is 5.09. The predicted octanol–water partition coefficient (Wildman–Crippen LogP) is 2.50. The fourth-order valence-electron chi connectivity index (χ4n) is 2.28. The van der Waals surface area contributed by atoms with Crippen LogP contribution >= 0.6 is 0 Å². The molecule has 2 rings (SSSR count). The van der Waals surface area contributed by atoms with Gasteiger partial charge in [-0.3, -0.25) is 4.79 Å². The monoisotopic (exact) mass is 339 g/mol. The Morgan fingerprint density at radius 3 is 2.42 bits per heavy atom. The largest absolute Gasteiger partial charge is 0.496 e. The number of aliphatic hydroxyl groups excluding tert-OH is 1. The number of aliphatic hydroxyl groups is 1. The highest BCUT2D eigenvalue weighted by atomic mass is 19.2. The summed E-state index contributed by atoms with van der Waals surface area (Å²) in [5.74, 6) is -4.34. The molecule has 1 atom stereocenters. The van der Waals surface area contributed by atoms with Gasteiger partial charge in [0.1, 0.15) is 5.75 Å². The highest BCUT2D eigenvalue weighted by molar-refractivity contribution is 5.79. The minimum atomic E-state index is -1.60. The number of rotatable bonds is 6. The van der Waals surface area contributed by atoms with Gasteiger partial charge in [-0.25, -0.2) is 13.2 Å². The Morgan fingerprint density at radius 1 is 1.21 bits per heavy atom. The Kier molecular flexibility index (Phi) is 5.81. The maximum atomic E-state index is 13.3. The fourth-order valence-corrected chi connectivity index (χ4v) is 2.28. The van der Waals surface area contributed by atoms with Gasteiger partial charge in [-0.05, 0) is 23.8 Å². The van der Waals surface area contributed by atoms with E-state index < -0.39 is 36.0 Å². The van der Waals surface area contributed by atoms with E-state index in [1.54, 1.807) is 24.3 Å². The normalized spacial score (nSPS) is 11.9. The highest BCUT2D eigenvalue weighted by Crippen LogP contribution is 2.21. The lowest BCUT2D eigenvalue weighted by Gasteiger charge is -2.18. The van der Waals surface area contributed by atoms with Gasteiger partial charge in [-0.2, -0.15) is 0 Å². The summed E-state index contributed by atoms with van der Waals surface area (Å²) in [5.41, 5.74) is 0.549. The first-order valence-electron chi connectivity index (χ1n) is 7.12. The molecule has 0 aromatic heterocycles. The molecule has 7 heteroatoms. The SMILES string of the molecule is COc1ccccc1CC(=O)NC(CO)c1cc(F)c(F)c(F)c1. The molecule has 4 nitrogen and oxygen atoms in total. The van der Waals surface area contributed by atoms with Gasteiger partial charge < -0.3 is 15.2 Å². The van der Waals surface area contributed by atoms with Crippen LogP contribution in [-0.2, 0) is 11.2 Å². The van der Waals surface area contributed by atoms with Gasteiger partial charge >= 0.3 is 0 Å². The molecule has 0 heterocycles. The van der Waals surface area contributed by atoms with E-state index in [4.69, 9.17) is 4.74 Å². The Labute approximate surface area is 136 Å². The number of ether oxygens (including phenoxy) is 1. The molecule has 0 bridgehead atoms. The van der Waals surface area contributed by atoms with E-state index in [1.807, 2.05) is 0 Å². The van der Waals surface area contributed by atoms with Crippen LogP contribution in [0, 0.1) is 17.5 Å². The van der Waals surface area contributed by atoms with E-state index in [2.05, 4.69) is 5.32 Å². The lowest BCUT2D eigenvalue weighted by molar-refractivity contribution is -0.121. The standard InChI is InChI=1S/C17H16F3NO3/c1-24-15-5-3-2-4-10(15)8-16(23)21-14(9-22)11-6-12(18)17(20)13(19)7-11/h2-7,14,22H,8-9H2,1H3,(H,21,23). The summed E-state index contributed by atoms with van der Waals surface area (Å²) < 4.78 is 44.7. The number of benzene rings is 2. The quantitative estimate of drug-likeness (QED) is 0.795. The molecule has 0 fully saturated rings. The number of hydrogen-bond donors (Lipinski definition) is 2. The van der Waals surface area contributed by atoms with Crippen LogP contribution in [0.1, 0.15) is 17.2 Å². The van der Waals surface area contributed by atoms with Gasteiger partial charge in [0.05, 0.1) is 26.2 Å². The number of hydrogen-bond acceptors (Lipinski definition) is 3. The Hall–Kier alpha value is -2.54. The minimum absolute atomic E-state index is 0.0489. The lowest BCUT2D eigenvalue weighted by atomic mass is 10.1. The number of carbonyl (C=O) groups excluding carboxylic acids is 1. The van der Waals surface area contributed by atoms with Crippen LogP contribution < -0.4 is 10.1 Å². The van der Waals surface area contributed by atoms with Crippen molar-refractivity contribution in [3.63, 3.8) is 0 Å². The Bertz CT molecular complexity index is 714. The van der Waals surface area contributed by atoms with Gasteiger partial charge in [0.2, 0.25) is 5.91 Å². The van der Waals surface area contributed by atoms with Gasteiger partial charge in [0.25, 0.3) is 0 Å². The third-order valence-corrected chi connectivity index (χ3v) is 3.47. The summed E-state index contributed by atoms with van der Waals surface area (Å²) in [7, 11) is 1.47. The predicted molar refractivity (Wildman–Crippen MR) is 81.0 cm³/mol. The zero-order valence-corrected chi connectivity index (χ0v) is 12.9. The summed E-state index contributed by atoms with van der Waals surface area (Å²) >= 11 is 0. The third kappa shape index (κ3) is 4.05. The van der Waals surface area contributed by atoms with Crippen LogP contribution in [0.2, 0.25) is 0 Å². The molecule has 2 aromatic carbocycles. The maximum absolute atomic E-state index is 13.3. The number of nitrogens with one attached hydrogen (secondary N) is 1. The van der Waals surface area contributed by atoms with Crippen LogP contribution in [0.5, 0.6) is 5.75 Å². The first kappa shape index (κ1) is 17.8. The number of amides is 1. The number of halogens is 3. The molecule has 2 N–H and O–H groups in total. The molecule has 1 unspecified atom stereocenters. The maximum Gasteiger partial charge on any atom is 0.225 e. The average molecular weight is 339 g/mol. The fraction of sp³-hybridized carbons (Fsp3) is 0.235. The summed E-state index contributed by atoms with van der Waals surface area (Å²) in [4.78, 5) is 12.1. The molecule has 0 aliphatic heterocycles. The molecule has 0 radical (unpaired) electrons. The number of methoxy groups -OCH3 is 1. The highest BCUT2D eigenvalue weighted by Gasteiger charge is 2.19. The van der Waals surface area contributed by atoms with Crippen molar-refractivity contribution in [2.24, 2.45) is 0 Å². The molecule has 0 saturated carbocycles. The molecule has 0 aliphatic carbocycles. The van der Waals surface area contributed by atoms with Crippen molar-refractivity contribution >= 4 is 5.91 Å². The molecule has 24 heavy (non-hydrogen) atoms. The van der Waals surface area contributed by atoms with E-state index in [9.17, 15) is 23.1 Å². The minimum Gasteiger partial charge on any atom is -0.496 e. The molecule has 128 valence electrons. The molecular formula is C17H16F3NO3. The van der Waals surface area contributed by atoms with Crippen molar-refractivity contribution in [2.75, 3.05) is 13.7 Å². The number of carbonyl (C=O) groups is 1. The summed E-state index contributed by atoms with van der Waals surface area (Å²) in [6.07, 6.45) is -0.0489. The number of para-hydroxylation sites is 1. The van der Waals surface area contributed by atoms with Crippen molar-refractivity contribution in [1.82, 2.24) is 5.32 Å². The van der Waals surface area contributed by atoms with Crippen molar-refractivity contribution in [3.05, 3.63) is 65.0 Å². The van der Waals surface area contributed by atoms with Crippen LogP contribution in [0.15, 0.2) is 36.4 Å². The van der Waals surface area contributed by atoms with Gasteiger partial charge in [-0.15, -0.1) is 0 Å². The first-order chi connectivity index (χ1) is 11.5. The van der Waals surface area contributed by atoms with E-state index in [-0.39, 0.29) is 12.0 Å². The molecule has 2 aromatic rings. The second-order valence-corrected chi connectivity index (χ2v) is 5.09. The van der Waals surface area contributed by atoms with Crippen molar-refractivity contribution < 1.29 is 27.8 Å². The Balaban J connectivity index is 2.14. The molecule has 0 saturated heterocycles. The van der Waals surface area contributed by atoms with Crippen LogP contribution in [-0.4, -0.2) is 24.7 Å². The van der Waals surface area contributed by atoms with E-state index in [1.165, 1.54) is 7.11 Å². The smallest absolute Gasteiger partial charge is 0.225 e. The van der Waals surface area contributed by atoms with Gasteiger partial charge in [-0.1, -0.05) is 18.2 Å². The first-order valence-corrected chi connectivity index (χ1v) is 7.12. The molecule has 0 spiro atoms. The third-order valence-electron chi connectivity index (χ3n) is 3.47. The van der Waals surface area contributed by atoms with Crippen LogP contribution in [0.25, 0.3) is 0 Å². The summed E-state index contributed by atoms with van der Waals surface area (Å²) in [6, 6.07) is 7.29. The Morgan fingerprint density at radius 2 is 1.83 bits per heavy atom. The van der Waals surface area contributed by atoms with E-state index >= 15 is 0 Å². The average Bonchev–Trinajstić information content (AvgIpc) is 2.57. The van der Waals surface area contributed by atoms with E-state index in [0.717, 1.165) is 12.1 Å². The summed E-state index contributed by atoms with van der Waals surface area (Å²) in [5, 5.41) is 11.8. The molecule has 1 amide bonds. The molecule has 0 aliphatic rings.